The second kappa shape index (κ2) is 8.45. The van der Waals surface area contributed by atoms with Crippen LogP contribution < -0.4 is 10.9 Å². The fourth-order valence-corrected chi connectivity index (χ4v) is 4.92. The summed E-state index contributed by atoms with van der Waals surface area (Å²) in [6, 6.07) is 17.1. The van der Waals surface area contributed by atoms with Crippen LogP contribution in [0.1, 0.15) is 16.0 Å². The molecule has 0 aliphatic heterocycles. The molecule has 0 spiro atoms. The van der Waals surface area contributed by atoms with E-state index < -0.39 is 0 Å². The molecular weight excluding hydrogens is 414 g/mol. The van der Waals surface area contributed by atoms with E-state index in [-0.39, 0.29) is 17.2 Å². The predicted octanol–water partition coefficient (Wildman–Crippen LogP) is 5.10. The lowest BCUT2D eigenvalue weighted by atomic mass is 10.1. The number of nitrogens with one attached hydrogen (secondary N) is 1. The number of nitrogens with zero attached hydrogens (tertiary/aromatic N) is 2. The fourth-order valence-electron chi connectivity index (χ4n) is 3.19. The van der Waals surface area contributed by atoms with Gasteiger partial charge in [0.15, 0.2) is 5.16 Å². The Bertz CT molecular complexity index is 1290. The molecule has 0 bridgehead atoms. The summed E-state index contributed by atoms with van der Waals surface area (Å²) in [5.74, 6) is 0.0210. The molecule has 0 aliphatic rings. The first kappa shape index (κ1) is 20.4. The van der Waals surface area contributed by atoms with Crippen molar-refractivity contribution in [3.05, 3.63) is 81.0 Å². The van der Waals surface area contributed by atoms with Crippen molar-refractivity contribution in [2.24, 2.45) is 0 Å². The van der Waals surface area contributed by atoms with E-state index in [1.165, 1.54) is 23.1 Å². The number of hydrogen-bond donors (Lipinski definition) is 1. The molecule has 2 aromatic carbocycles. The number of thiophene rings is 1. The molecule has 1 N–H and O–H groups in total. The molecular formula is C23H21N3O2S2. The molecule has 4 aromatic rings. The minimum atomic E-state index is -0.134. The molecule has 0 saturated carbocycles. The smallest absolute Gasteiger partial charge is 0.267 e. The summed E-state index contributed by atoms with van der Waals surface area (Å²) in [5, 5.41) is 4.08. The van der Waals surface area contributed by atoms with Gasteiger partial charge in [0.25, 0.3) is 5.56 Å². The van der Waals surface area contributed by atoms with Gasteiger partial charge in [0.1, 0.15) is 4.83 Å². The molecule has 2 heterocycles. The van der Waals surface area contributed by atoms with Crippen LogP contribution in [-0.2, 0) is 4.79 Å². The minimum absolute atomic E-state index is 0.118. The highest BCUT2D eigenvalue weighted by Crippen LogP contribution is 2.26. The number of fused-ring (bicyclic) bond motifs is 1. The molecule has 2 aromatic heterocycles. The van der Waals surface area contributed by atoms with E-state index in [0.717, 1.165) is 27.4 Å². The van der Waals surface area contributed by atoms with Crippen molar-refractivity contribution >= 4 is 44.9 Å². The van der Waals surface area contributed by atoms with Gasteiger partial charge in [-0.25, -0.2) is 4.98 Å². The number of amides is 1. The molecule has 5 nitrogen and oxygen atoms in total. The van der Waals surface area contributed by atoms with Crippen molar-refractivity contribution in [2.75, 3.05) is 11.1 Å². The maximum Gasteiger partial charge on any atom is 0.267 e. The van der Waals surface area contributed by atoms with Crippen LogP contribution in [0, 0.1) is 20.8 Å². The molecule has 152 valence electrons. The van der Waals surface area contributed by atoms with Crippen molar-refractivity contribution in [3.63, 3.8) is 0 Å². The van der Waals surface area contributed by atoms with Gasteiger partial charge in [-0.1, -0.05) is 42.1 Å². The number of aromatic nitrogens is 2. The lowest BCUT2D eigenvalue weighted by molar-refractivity contribution is -0.113. The van der Waals surface area contributed by atoms with Gasteiger partial charge in [0.2, 0.25) is 5.91 Å². The van der Waals surface area contributed by atoms with Crippen LogP contribution in [0.3, 0.4) is 0 Å². The van der Waals surface area contributed by atoms with E-state index in [0.29, 0.717) is 15.4 Å². The summed E-state index contributed by atoms with van der Waals surface area (Å²) >= 11 is 2.75. The lowest BCUT2D eigenvalue weighted by Gasteiger charge is -2.13. The number of carbonyl (C=O) groups excluding carboxylic acids is 1. The number of rotatable bonds is 5. The second-order valence-electron chi connectivity index (χ2n) is 7.03. The SMILES string of the molecule is Cc1cc2c(=O)n(-c3ccccc3)c(SCC(=O)Nc3cccc(C)c3C)nc2s1. The van der Waals surface area contributed by atoms with E-state index in [1.807, 2.05) is 75.4 Å². The first-order valence-electron chi connectivity index (χ1n) is 9.51. The summed E-state index contributed by atoms with van der Waals surface area (Å²) in [6.45, 7) is 5.96. The molecule has 30 heavy (non-hydrogen) atoms. The van der Waals surface area contributed by atoms with Crippen LogP contribution in [0.15, 0.2) is 64.5 Å². The van der Waals surface area contributed by atoms with Crippen molar-refractivity contribution in [1.29, 1.82) is 0 Å². The largest absolute Gasteiger partial charge is 0.325 e. The number of para-hydroxylation sites is 1. The van der Waals surface area contributed by atoms with Gasteiger partial charge in [0, 0.05) is 10.6 Å². The predicted molar refractivity (Wildman–Crippen MR) is 125 cm³/mol. The highest BCUT2D eigenvalue weighted by atomic mass is 32.2. The van der Waals surface area contributed by atoms with Crippen molar-refractivity contribution in [1.82, 2.24) is 9.55 Å². The molecule has 0 saturated heterocycles. The van der Waals surface area contributed by atoms with E-state index >= 15 is 0 Å². The van der Waals surface area contributed by atoms with Gasteiger partial charge in [0.05, 0.1) is 16.8 Å². The Labute approximate surface area is 182 Å². The van der Waals surface area contributed by atoms with E-state index in [4.69, 9.17) is 4.98 Å². The van der Waals surface area contributed by atoms with Crippen molar-refractivity contribution in [3.8, 4) is 5.69 Å². The van der Waals surface area contributed by atoms with Crippen LogP contribution in [0.2, 0.25) is 0 Å². The van der Waals surface area contributed by atoms with Crippen LogP contribution in [0.5, 0.6) is 0 Å². The highest BCUT2D eigenvalue weighted by Gasteiger charge is 2.16. The third-order valence-electron chi connectivity index (χ3n) is 4.88. The Morgan fingerprint density at radius 2 is 1.87 bits per heavy atom. The Morgan fingerprint density at radius 3 is 2.63 bits per heavy atom. The summed E-state index contributed by atoms with van der Waals surface area (Å²) in [7, 11) is 0. The maximum absolute atomic E-state index is 13.2. The average molecular weight is 436 g/mol. The Morgan fingerprint density at radius 1 is 1.10 bits per heavy atom. The summed E-state index contributed by atoms with van der Waals surface area (Å²) < 4.78 is 1.59. The zero-order chi connectivity index (χ0) is 21.3. The first-order chi connectivity index (χ1) is 14.4. The van der Waals surface area contributed by atoms with Gasteiger partial charge in [-0.3, -0.25) is 14.2 Å². The molecule has 0 atom stereocenters. The molecule has 0 radical (unpaired) electrons. The molecule has 1 amide bonds. The fraction of sp³-hybridized carbons (Fsp3) is 0.174. The Hall–Kier alpha value is -2.90. The van der Waals surface area contributed by atoms with E-state index in [2.05, 4.69) is 5.32 Å². The molecule has 0 unspecified atom stereocenters. The average Bonchev–Trinajstić information content (AvgIpc) is 3.11. The number of anilines is 1. The third-order valence-corrected chi connectivity index (χ3v) is 6.77. The zero-order valence-electron chi connectivity index (χ0n) is 16.9. The quantitative estimate of drug-likeness (QED) is 0.350. The monoisotopic (exact) mass is 435 g/mol. The molecule has 0 aliphatic carbocycles. The standard InChI is InChI=1S/C23H21N3O2S2/c1-14-8-7-11-19(16(14)3)24-20(27)13-29-23-25-21-18(12-15(2)30-21)22(28)26(23)17-9-5-4-6-10-17/h4-12H,13H2,1-3H3,(H,24,27). The highest BCUT2D eigenvalue weighted by molar-refractivity contribution is 7.99. The lowest BCUT2D eigenvalue weighted by Crippen LogP contribution is -2.22. The first-order valence-corrected chi connectivity index (χ1v) is 11.3. The summed E-state index contributed by atoms with van der Waals surface area (Å²) in [5.41, 5.74) is 3.59. The Kier molecular flexibility index (Phi) is 5.74. The topological polar surface area (TPSA) is 64.0 Å². The van der Waals surface area contributed by atoms with Crippen LogP contribution in [-0.4, -0.2) is 21.2 Å². The molecule has 0 fully saturated rings. The van der Waals surface area contributed by atoms with Gasteiger partial charge in [-0.15, -0.1) is 11.3 Å². The van der Waals surface area contributed by atoms with Crippen molar-refractivity contribution in [2.45, 2.75) is 25.9 Å². The van der Waals surface area contributed by atoms with E-state index in [9.17, 15) is 9.59 Å². The number of carbonyl (C=O) groups is 1. The minimum Gasteiger partial charge on any atom is -0.325 e. The zero-order valence-corrected chi connectivity index (χ0v) is 18.6. The van der Waals surface area contributed by atoms with Gasteiger partial charge in [-0.05, 0) is 56.2 Å². The third kappa shape index (κ3) is 4.04. The number of aryl methyl sites for hydroxylation is 2. The Balaban J connectivity index is 1.65. The number of hydrogen-bond acceptors (Lipinski definition) is 5. The van der Waals surface area contributed by atoms with E-state index in [1.54, 1.807) is 4.57 Å². The number of benzene rings is 2. The van der Waals surface area contributed by atoms with Crippen LogP contribution >= 0.6 is 23.1 Å². The summed E-state index contributed by atoms with van der Waals surface area (Å²) in [4.78, 5) is 32.2. The molecule has 7 heteroatoms. The van der Waals surface area contributed by atoms with Gasteiger partial charge < -0.3 is 5.32 Å². The maximum atomic E-state index is 13.2. The van der Waals surface area contributed by atoms with Crippen LogP contribution in [0.25, 0.3) is 15.9 Å². The van der Waals surface area contributed by atoms with Crippen molar-refractivity contribution < 1.29 is 4.79 Å². The number of thioether (sulfide) groups is 1. The van der Waals surface area contributed by atoms with Crippen LogP contribution in [0.4, 0.5) is 5.69 Å². The molecule has 4 rings (SSSR count). The van der Waals surface area contributed by atoms with Gasteiger partial charge >= 0.3 is 0 Å². The summed E-state index contributed by atoms with van der Waals surface area (Å²) in [6.07, 6.45) is 0. The second-order valence-corrected chi connectivity index (χ2v) is 9.21. The normalized spacial score (nSPS) is 11.0. The van der Waals surface area contributed by atoms with Gasteiger partial charge in [-0.2, -0.15) is 0 Å².